The average molecular weight is 435 g/mol. The molecule has 3 rings (SSSR count). The van der Waals surface area contributed by atoms with Crippen molar-refractivity contribution >= 4 is 29.0 Å². The summed E-state index contributed by atoms with van der Waals surface area (Å²) in [6.45, 7) is 6.65. The number of carbonyl (C=O) groups is 1. The fraction of sp³-hybridized carbons (Fsp3) is 0.500. The monoisotopic (exact) mass is 434 g/mol. The van der Waals surface area contributed by atoms with Crippen molar-refractivity contribution in [3.63, 3.8) is 0 Å². The molecule has 0 aliphatic carbocycles. The van der Waals surface area contributed by atoms with E-state index in [1.165, 1.54) is 4.88 Å². The predicted octanol–water partition coefficient (Wildman–Crippen LogP) is 4.25. The number of thioether (sulfide) groups is 1. The van der Waals surface area contributed by atoms with Crippen LogP contribution in [-0.4, -0.2) is 38.0 Å². The standard InChI is InChI=1S/C22H30N2O3S2/c1-16(2)22(17-6-7-19-20(13-17)27-10-4-9-26-19)24-14-21(25)23-8-12-28-15-18-5-3-11-29-18/h3,5-7,11,13,16,22,24H,4,8-10,12,14-15H2,1-2H3,(H,23,25)/t22-/m1/s1. The smallest absolute Gasteiger partial charge is 0.234 e. The second-order valence-electron chi connectivity index (χ2n) is 7.34. The van der Waals surface area contributed by atoms with Gasteiger partial charge in [-0.05, 0) is 35.1 Å². The summed E-state index contributed by atoms with van der Waals surface area (Å²) in [5.41, 5.74) is 1.11. The molecule has 0 unspecified atom stereocenters. The van der Waals surface area contributed by atoms with Crippen molar-refractivity contribution in [2.45, 2.75) is 32.1 Å². The highest BCUT2D eigenvalue weighted by molar-refractivity contribution is 7.98. The van der Waals surface area contributed by atoms with Gasteiger partial charge in [-0.2, -0.15) is 11.8 Å². The first-order chi connectivity index (χ1) is 14.1. The molecule has 158 valence electrons. The number of amides is 1. The minimum atomic E-state index is 0.0294. The van der Waals surface area contributed by atoms with E-state index >= 15 is 0 Å². The van der Waals surface area contributed by atoms with Crippen LogP contribution < -0.4 is 20.1 Å². The van der Waals surface area contributed by atoms with Gasteiger partial charge in [-0.15, -0.1) is 11.3 Å². The zero-order valence-electron chi connectivity index (χ0n) is 17.1. The molecule has 2 N–H and O–H groups in total. The molecule has 29 heavy (non-hydrogen) atoms. The maximum atomic E-state index is 12.2. The molecule has 5 nitrogen and oxygen atoms in total. The number of thiophene rings is 1. The lowest BCUT2D eigenvalue weighted by Gasteiger charge is -2.23. The molecular formula is C22H30N2O3S2. The highest BCUT2D eigenvalue weighted by Gasteiger charge is 2.19. The average Bonchev–Trinajstić information content (AvgIpc) is 3.11. The van der Waals surface area contributed by atoms with E-state index in [9.17, 15) is 4.79 Å². The highest BCUT2D eigenvalue weighted by atomic mass is 32.2. The lowest BCUT2D eigenvalue weighted by atomic mass is 9.95. The normalized spacial score (nSPS) is 14.4. The Morgan fingerprint density at radius 1 is 1.21 bits per heavy atom. The number of hydrogen-bond acceptors (Lipinski definition) is 6. The third-order valence-corrected chi connectivity index (χ3v) is 6.74. The van der Waals surface area contributed by atoms with Crippen molar-refractivity contribution in [1.82, 2.24) is 10.6 Å². The molecule has 1 amide bonds. The molecule has 1 aromatic heterocycles. The lowest BCUT2D eigenvalue weighted by molar-refractivity contribution is -0.120. The van der Waals surface area contributed by atoms with Gasteiger partial charge in [0.25, 0.3) is 0 Å². The zero-order chi connectivity index (χ0) is 20.5. The summed E-state index contributed by atoms with van der Waals surface area (Å²) in [5.74, 6) is 3.88. The van der Waals surface area contributed by atoms with Crippen LogP contribution in [-0.2, 0) is 10.5 Å². The number of carbonyl (C=O) groups excluding carboxylic acids is 1. The Morgan fingerprint density at radius 2 is 2.03 bits per heavy atom. The molecule has 2 aromatic rings. The molecule has 1 aliphatic heterocycles. The van der Waals surface area contributed by atoms with Gasteiger partial charge in [0.1, 0.15) is 0 Å². The highest BCUT2D eigenvalue weighted by Crippen LogP contribution is 2.34. The Morgan fingerprint density at radius 3 is 2.79 bits per heavy atom. The number of fused-ring (bicyclic) bond motifs is 1. The summed E-state index contributed by atoms with van der Waals surface area (Å²) < 4.78 is 11.5. The van der Waals surface area contributed by atoms with E-state index in [4.69, 9.17) is 9.47 Å². The van der Waals surface area contributed by atoms with Crippen LogP contribution in [0.2, 0.25) is 0 Å². The third kappa shape index (κ3) is 6.94. The largest absolute Gasteiger partial charge is 0.490 e. The number of hydrogen-bond donors (Lipinski definition) is 2. The Balaban J connectivity index is 1.44. The number of ether oxygens (including phenoxy) is 2. The van der Waals surface area contributed by atoms with E-state index in [1.807, 2.05) is 23.9 Å². The van der Waals surface area contributed by atoms with Crippen LogP contribution in [0.25, 0.3) is 0 Å². The van der Waals surface area contributed by atoms with Crippen LogP contribution in [0.3, 0.4) is 0 Å². The molecule has 1 aliphatic rings. The van der Waals surface area contributed by atoms with Gasteiger partial charge in [-0.3, -0.25) is 4.79 Å². The van der Waals surface area contributed by atoms with E-state index in [1.54, 1.807) is 11.3 Å². The Bertz CT molecular complexity index is 765. The van der Waals surface area contributed by atoms with Gasteiger partial charge in [-0.1, -0.05) is 26.0 Å². The van der Waals surface area contributed by atoms with Crippen LogP contribution in [0.4, 0.5) is 0 Å². The Kier molecular flexibility index (Phi) is 8.70. The predicted molar refractivity (Wildman–Crippen MR) is 121 cm³/mol. The summed E-state index contributed by atoms with van der Waals surface area (Å²) in [6, 6.07) is 10.4. The minimum Gasteiger partial charge on any atom is -0.490 e. The molecule has 0 spiro atoms. The van der Waals surface area contributed by atoms with E-state index in [-0.39, 0.29) is 11.9 Å². The van der Waals surface area contributed by atoms with Gasteiger partial charge in [0.05, 0.1) is 19.8 Å². The van der Waals surface area contributed by atoms with Gasteiger partial charge in [0, 0.05) is 35.4 Å². The van der Waals surface area contributed by atoms with Crippen molar-refractivity contribution in [3.05, 3.63) is 46.2 Å². The maximum absolute atomic E-state index is 12.2. The first-order valence-corrected chi connectivity index (χ1v) is 12.2. The fourth-order valence-corrected chi connectivity index (χ4v) is 4.91. The van der Waals surface area contributed by atoms with Crippen molar-refractivity contribution in [3.8, 4) is 11.5 Å². The van der Waals surface area contributed by atoms with Gasteiger partial charge in [-0.25, -0.2) is 0 Å². The Hall–Kier alpha value is -1.70. The number of benzene rings is 1. The van der Waals surface area contributed by atoms with E-state index < -0.39 is 0 Å². The van der Waals surface area contributed by atoms with Crippen molar-refractivity contribution in [1.29, 1.82) is 0 Å². The molecule has 1 aromatic carbocycles. The van der Waals surface area contributed by atoms with Gasteiger partial charge < -0.3 is 20.1 Å². The molecule has 2 heterocycles. The van der Waals surface area contributed by atoms with Crippen LogP contribution in [0.5, 0.6) is 11.5 Å². The summed E-state index contributed by atoms with van der Waals surface area (Å²) >= 11 is 3.62. The second-order valence-corrected chi connectivity index (χ2v) is 9.48. The van der Waals surface area contributed by atoms with Crippen LogP contribution in [0.15, 0.2) is 35.7 Å². The van der Waals surface area contributed by atoms with Gasteiger partial charge in [0.15, 0.2) is 11.5 Å². The molecule has 0 saturated heterocycles. The van der Waals surface area contributed by atoms with Crippen molar-refractivity contribution in [2.75, 3.05) is 32.1 Å². The molecule has 0 radical (unpaired) electrons. The van der Waals surface area contributed by atoms with Crippen molar-refractivity contribution < 1.29 is 14.3 Å². The van der Waals surface area contributed by atoms with Crippen LogP contribution in [0, 0.1) is 5.92 Å². The van der Waals surface area contributed by atoms with Crippen LogP contribution >= 0.6 is 23.1 Å². The summed E-state index contributed by atoms with van der Waals surface area (Å²) in [5, 5.41) is 8.51. The first-order valence-electron chi connectivity index (χ1n) is 10.1. The molecule has 7 heteroatoms. The SMILES string of the molecule is CC(C)[C@@H](NCC(=O)NCCSCc1cccs1)c1ccc2c(c1)OCCCO2. The number of nitrogens with one attached hydrogen (secondary N) is 2. The van der Waals surface area contributed by atoms with Crippen molar-refractivity contribution in [2.24, 2.45) is 5.92 Å². The number of rotatable bonds is 10. The summed E-state index contributed by atoms with van der Waals surface area (Å²) in [4.78, 5) is 13.6. The topological polar surface area (TPSA) is 59.6 Å². The quantitative estimate of drug-likeness (QED) is 0.548. The molecule has 0 bridgehead atoms. The van der Waals surface area contributed by atoms with Gasteiger partial charge in [0.2, 0.25) is 5.91 Å². The first kappa shape index (κ1) is 22.0. The fourth-order valence-electron chi connectivity index (χ4n) is 3.21. The molecule has 0 saturated carbocycles. The molecular weight excluding hydrogens is 404 g/mol. The van der Waals surface area contributed by atoms with Gasteiger partial charge >= 0.3 is 0 Å². The lowest BCUT2D eigenvalue weighted by Crippen LogP contribution is -2.38. The second kappa shape index (κ2) is 11.5. The van der Waals surface area contributed by atoms with E-state index in [2.05, 4.69) is 48.1 Å². The maximum Gasteiger partial charge on any atom is 0.234 e. The zero-order valence-corrected chi connectivity index (χ0v) is 18.7. The third-order valence-electron chi connectivity index (χ3n) is 4.67. The Labute approximate surface area is 181 Å². The summed E-state index contributed by atoms with van der Waals surface area (Å²) in [7, 11) is 0. The minimum absolute atomic E-state index is 0.0294. The van der Waals surface area contributed by atoms with Crippen LogP contribution in [0.1, 0.15) is 36.8 Å². The molecule has 0 fully saturated rings. The van der Waals surface area contributed by atoms with E-state index in [0.29, 0.717) is 32.2 Å². The van der Waals surface area contributed by atoms with E-state index in [0.717, 1.165) is 35.0 Å². The molecule has 1 atom stereocenters. The summed E-state index contributed by atoms with van der Waals surface area (Å²) in [6.07, 6.45) is 0.891.